The van der Waals surface area contributed by atoms with E-state index in [1.54, 1.807) is 60.7 Å². The first-order valence-electron chi connectivity index (χ1n) is 10.7. The van der Waals surface area contributed by atoms with E-state index in [0.717, 1.165) is 5.56 Å². The molecule has 4 aromatic rings. The van der Waals surface area contributed by atoms with E-state index >= 15 is 0 Å². The van der Waals surface area contributed by atoms with Crippen LogP contribution in [0.4, 0.5) is 10.1 Å². The zero-order valence-electron chi connectivity index (χ0n) is 18.5. The van der Waals surface area contributed by atoms with E-state index in [4.69, 9.17) is 9.47 Å². The number of nitrogens with one attached hydrogen (secondary N) is 1. The molecule has 0 aliphatic carbocycles. The van der Waals surface area contributed by atoms with Gasteiger partial charge in [0.2, 0.25) is 11.8 Å². The van der Waals surface area contributed by atoms with Crippen molar-refractivity contribution >= 4 is 17.6 Å². The topological polar surface area (TPSA) is 97.8 Å². The van der Waals surface area contributed by atoms with Gasteiger partial charge in [-0.05, 0) is 59.7 Å². The number of carboxylic acid groups (broad SMARTS) is 1. The minimum atomic E-state index is -1.11. The lowest BCUT2D eigenvalue weighted by atomic mass is 10.1. The molecule has 35 heavy (non-hydrogen) atoms. The van der Waals surface area contributed by atoms with Crippen molar-refractivity contribution in [3.05, 3.63) is 114 Å². The van der Waals surface area contributed by atoms with Crippen molar-refractivity contribution in [2.75, 3.05) is 5.32 Å². The van der Waals surface area contributed by atoms with Crippen LogP contribution in [0.3, 0.4) is 0 Å². The van der Waals surface area contributed by atoms with Gasteiger partial charge in [-0.2, -0.15) is 0 Å². The number of rotatable bonds is 9. The third-order valence-corrected chi connectivity index (χ3v) is 4.96. The molecular formula is C27H21FN2O5. The van der Waals surface area contributed by atoms with E-state index in [9.17, 15) is 19.1 Å². The number of nitrogens with zero attached hydrogens (tertiary/aromatic N) is 1. The highest BCUT2D eigenvalue weighted by Crippen LogP contribution is 2.23. The fourth-order valence-electron chi connectivity index (χ4n) is 3.21. The number of amides is 1. The summed E-state index contributed by atoms with van der Waals surface area (Å²) in [7, 11) is 0. The van der Waals surface area contributed by atoms with Gasteiger partial charge in [0.25, 0.3) is 0 Å². The monoisotopic (exact) mass is 472 g/mol. The summed E-state index contributed by atoms with van der Waals surface area (Å²) in [6, 6.07) is 22.7. The first kappa shape index (κ1) is 23.4. The predicted molar refractivity (Wildman–Crippen MR) is 127 cm³/mol. The molecular weight excluding hydrogens is 451 g/mol. The number of pyridine rings is 1. The molecule has 0 fully saturated rings. The number of carbonyl (C=O) groups excluding carboxylic acids is 1. The fraction of sp³-hybridized carbons (Fsp3) is 0.0741. The lowest BCUT2D eigenvalue weighted by Crippen LogP contribution is -2.16. The molecule has 0 saturated carbocycles. The number of aromatic carboxylic acids is 1. The third-order valence-electron chi connectivity index (χ3n) is 4.96. The Balaban J connectivity index is 1.29. The molecule has 7 nitrogen and oxygen atoms in total. The number of carbonyl (C=O) groups is 2. The van der Waals surface area contributed by atoms with Crippen LogP contribution >= 0.6 is 0 Å². The van der Waals surface area contributed by atoms with Crippen LogP contribution < -0.4 is 14.8 Å². The van der Waals surface area contributed by atoms with Gasteiger partial charge in [-0.25, -0.2) is 14.2 Å². The summed E-state index contributed by atoms with van der Waals surface area (Å²) in [5, 5.41) is 11.8. The Labute approximate surface area is 200 Å². The van der Waals surface area contributed by atoms with Crippen molar-refractivity contribution in [1.29, 1.82) is 0 Å². The van der Waals surface area contributed by atoms with E-state index in [0.29, 0.717) is 29.5 Å². The van der Waals surface area contributed by atoms with Crippen molar-refractivity contribution in [1.82, 2.24) is 4.98 Å². The number of halogens is 1. The molecule has 1 amide bonds. The van der Waals surface area contributed by atoms with E-state index in [1.807, 2.05) is 0 Å². The number of benzene rings is 3. The maximum atomic E-state index is 13.0. The molecule has 0 bridgehead atoms. The van der Waals surface area contributed by atoms with Crippen LogP contribution in [0.25, 0.3) is 0 Å². The lowest BCUT2D eigenvalue weighted by molar-refractivity contribution is -0.115. The van der Waals surface area contributed by atoms with Crippen LogP contribution in [0.5, 0.6) is 17.4 Å². The first-order chi connectivity index (χ1) is 17.0. The SMILES string of the molecule is O=C(Cc1ccc(Oc2ccc(OCc3ccc(F)cc3)cc2)nc1)Nc1ccccc1C(=O)O. The quantitative estimate of drug-likeness (QED) is 0.335. The van der Waals surface area contributed by atoms with Crippen molar-refractivity contribution in [2.24, 2.45) is 0 Å². The van der Waals surface area contributed by atoms with Gasteiger partial charge in [-0.15, -0.1) is 0 Å². The van der Waals surface area contributed by atoms with Crippen LogP contribution in [-0.4, -0.2) is 22.0 Å². The third kappa shape index (κ3) is 6.64. The van der Waals surface area contributed by atoms with E-state index in [1.165, 1.54) is 30.5 Å². The number of hydrogen-bond acceptors (Lipinski definition) is 5. The molecule has 176 valence electrons. The van der Waals surface area contributed by atoms with Crippen molar-refractivity contribution in [3.8, 4) is 17.4 Å². The lowest BCUT2D eigenvalue weighted by Gasteiger charge is -2.09. The fourth-order valence-corrected chi connectivity index (χ4v) is 3.21. The van der Waals surface area contributed by atoms with Crippen LogP contribution in [0.2, 0.25) is 0 Å². The second kappa shape index (κ2) is 10.9. The molecule has 0 atom stereocenters. The molecule has 0 spiro atoms. The molecule has 0 saturated heterocycles. The second-order valence-corrected chi connectivity index (χ2v) is 7.57. The molecule has 0 aliphatic heterocycles. The van der Waals surface area contributed by atoms with Crippen molar-refractivity contribution in [3.63, 3.8) is 0 Å². The van der Waals surface area contributed by atoms with E-state index in [-0.39, 0.29) is 29.4 Å². The summed E-state index contributed by atoms with van der Waals surface area (Å²) in [5.74, 6) is -0.211. The largest absolute Gasteiger partial charge is 0.489 e. The highest BCUT2D eigenvalue weighted by Gasteiger charge is 2.12. The summed E-state index contributed by atoms with van der Waals surface area (Å²) in [4.78, 5) is 27.8. The Bertz CT molecular complexity index is 1310. The number of para-hydroxylation sites is 1. The minimum absolute atomic E-state index is 0.0228. The molecule has 0 unspecified atom stereocenters. The van der Waals surface area contributed by atoms with Gasteiger partial charge >= 0.3 is 5.97 Å². The smallest absolute Gasteiger partial charge is 0.337 e. The summed E-state index contributed by atoms with van der Waals surface area (Å²) in [5.41, 5.74) is 1.76. The van der Waals surface area contributed by atoms with E-state index in [2.05, 4.69) is 10.3 Å². The van der Waals surface area contributed by atoms with Crippen molar-refractivity contribution < 1.29 is 28.6 Å². The van der Waals surface area contributed by atoms with Gasteiger partial charge in [0, 0.05) is 12.3 Å². The number of anilines is 1. The Morgan fingerprint density at radius 2 is 1.54 bits per heavy atom. The first-order valence-corrected chi connectivity index (χ1v) is 10.7. The second-order valence-electron chi connectivity index (χ2n) is 7.57. The van der Waals surface area contributed by atoms with Gasteiger partial charge in [0.15, 0.2) is 0 Å². The normalized spacial score (nSPS) is 10.4. The number of aromatic nitrogens is 1. The Morgan fingerprint density at radius 3 is 2.23 bits per heavy atom. The zero-order valence-corrected chi connectivity index (χ0v) is 18.5. The predicted octanol–water partition coefficient (Wildman–Crippen LogP) is 5.47. The molecule has 3 aromatic carbocycles. The average molecular weight is 472 g/mol. The molecule has 8 heteroatoms. The molecule has 4 rings (SSSR count). The van der Waals surface area contributed by atoms with Gasteiger partial charge in [-0.3, -0.25) is 4.79 Å². The minimum Gasteiger partial charge on any atom is -0.489 e. The summed E-state index contributed by atoms with van der Waals surface area (Å²) in [6.45, 7) is 0.318. The number of ether oxygens (including phenoxy) is 2. The van der Waals surface area contributed by atoms with Gasteiger partial charge in [0.1, 0.15) is 23.9 Å². The van der Waals surface area contributed by atoms with Crippen LogP contribution in [0.1, 0.15) is 21.5 Å². The maximum absolute atomic E-state index is 13.0. The molecule has 1 heterocycles. The van der Waals surface area contributed by atoms with Crippen LogP contribution in [-0.2, 0) is 17.8 Å². The van der Waals surface area contributed by atoms with Gasteiger partial charge < -0.3 is 19.9 Å². The molecule has 2 N–H and O–H groups in total. The molecule has 0 radical (unpaired) electrons. The highest BCUT2D eigenvalue weighted by atomic mass is 19.1. The van der Waals surface area contributed by atoms with Crippen LogP contribution in [0.15, 0.2) is 91.1 Å². The Kier molecular flexibility index (Phi) is 7.32. The van der Waals surface area contributed by atoms with Gasteiger partial charge in [0.05, 0.1) is 17.7 Å². The van der Waals surface area contributed by atoms with Crippen LogP contribution in [0, 0.1) is 5.82 Å². The maximum Gasteiger partial charge on any atom is 0.337 e. The standard InChI is InChI=1S/C27H21FN2O5/c28-20-8-5-18(6-9-20)17-34-21-10-12-22(13-11-21)35-26-14-7-19(16-29-26)15-25(31)30-24-4-2-1-3-23(24)27(32)33/h1-14,16H,15,17H2,(H,30,31)(H,32,33). The Hall–Kier alpha value is -4.72. The highest BCUT2D eigenvalue weighted by molar-refractivity contribution is 6.00. The zero-order chi connectivity index (χ0) is 24.6. The molecule has 0 aliphatic rings. The summed E-state index contributed by atoms with van der Waals surface area (Å²) in [6.07, 6.45) is 1.56. The summed E-state index contributed by atoms with van der Waals surface area (Å²) < 4.78 is 24.4. The summed E-state index contributed by atoms with van der Waals surface area (Å²) >= 11 is 0. The number of carboxylic acids is 1. The average Bonchev–Trinajstić information content (AvgIpc) is 2.86. The number of hydrogen-bond donors (Lipinski definition) is 2. The van der Waals surface area contributed by atoms with E-state index < -0.39 is 5.97 Å². The van der Waals surface area contributed by atoms with Gasteiger partial charge in [-0.1, -0.05) is 30.3 Å². The Morgan fingerprint density at radius 1 is 0.857 bits per heavy atom. The molecule has 1 aromatic heterocycles. The van der Waals surface area contributed by atoms with Crippen molar-refractivity contribution in [2.45, 2.75) is 13.0 Å².